The van der Waals surface area contributed by atoms with Crippen LogP contribution in [-0.2, 0) is 4.79 Å². The average Bonchev–Trinajstić information content (AvgIpc) is 2.15. The van der Waals surface area contributed by atoms with Gasteiger partial charge in [-0.2, -0.15) is 0 Å². The molecule has 0 aliphatic rings. The predicted molar refractivity (Wildman–Crippen MR) is 58.1 cm³/mol. The molecular formula is C10H11BrFNO2. The lowest BCUT2D eigenvalue weighted by atomic mass is 9.97. The highest BCUT2D eigenvalue weighted by Crippen LogP contribution is 2.30. The summed E-state index contributed by atoms with van der Waals surface area (Å²) in [6.45, 7) is 3.43. The average molecular weight is 276 g/mol. The van der Waals surface area contributed by atoms with E-state index in [1.54, 1.807) is 13.8 Å². The zero-order valence-corrected chi connectivity index (χ0v) is 9.93. The number of hydrogen-bond donors (Lipinski definition) is 2. The van der Waals surface area contributed by atoms with Crippen molar-refractivity contribution in [1.82, 2.24) is 0 Å². The van der Waals surface area contributed by atoms with Gasteiger partial charge in [-0.05, 0) is 47.0 Å². The third-order valence-electron chi connectivity index (χ3n) is 2.36. The van der Waals surface area contributed by atoms with Crippen LogP contribution in [0.4, 0.5) is 4.39 Å². The van der Waals surface area contributed by atoms with Gasteiger partial charge in [0.15, 0.2) is 0 Å². The van der Waals surface area contributed by atoms with Crippen LogP contribution in [0, 0.1) is 19.7 Å². The smallest absolute Gasteiger partial charge is 0.325 e. The Morgan fingerprint density at radius 3 is 2.60 bits per heavy atom. The fourth-order valence-corrected chi connectivity index (χ4v) is 2.02. The molecule has 0 saturated carbocycles. The second-order valence-corrected chi connectivity index (χ2v) is 4.14. The number of halogens is 2. The molecule has 1 unspecified atom stereocenters. The fraction of sp³-hybridized carbons (Fsp3) is 0.300. The van der Waals surface area contributed by atoms with Gasteiger partial charge in [0.05, 0.1) is 4.47 Å². The molecular weight excluding hydrogens is 265 g/mol. The van der Waals surface area contributed by atoms with Crippen LogP contribution >= 0.6 is 15.9 Å². The van der Waals surface area contributed by atoms with E-state index >= 15 is 0 Å². The van der Waals surface area contributed by atoms with Gasteiger partial charge in [-0.1, -0.05) is 0 Å². The van der Waals surface area contributed by atoms with Crippen LogP contribution in [0.25, 0.3) is 0 Å². The number of carboxylic acid groups (broad SMARTS) is 1. The SMILES string of the molecule is Cc1cc(F)c(Br)c(C(N)C(=O)O)c1C. The van der Waals surface area contributed by atoms with E-state index in [0.717, 1.165) is 0 Å². The van der Waals surface area contributed by atoms with Crippen molar-refractivity contribution >= 4 is 21.9 Å². The molecule has 0 aliphatic carbocycles. The first kappa shape index (κ1) is 12.1. The second-order valence-electron chi connectivity index (χ2n) is 3.34. The molecule has 3 N–H and O–H groups in total. The van der Waals surface area contributed by atoms with Gasteiger partial charge in [0.2, 0.25) is 0 Å². The summed E-state index contributed by atoms with van der Waals surface area (Å²) in [5, 5.41) is 8.80. The Labute approximate surface area is 95.2 Å². The molecule has 82 valence electrons. The van der Waals surface area contributed by atoms with Gasteiger partial charge in [0, 0.05) is 5.56 Å². The predicted octanol–water partition coefficient (Wildman–Crippen LogP) is 2.29. The highest BCUT2D eigenvalue weighted by atomic mass is 79.9. The highest BCUT2D eigenvalue weighted by molar-refractivity contribution is 9.10. The van der Waals surface area contributed by atoms with Crippen molar-refractivity contribution in [2.24, 2.45) is 5.73 Å². The Balaban J connectivity index is 3.45. The third-order valence-corrected chi connectivity index (χ3v) is 3.17. The number of aliphatic carboxylic acids is 1. The zero-order valence-electron chi connectivity index (χ0n) is 8.34. The van der Waals surface area contributed by atoms with Crippen LogP contribution in [0.15, 0.2) is 10.5 Å². The van der Waals surface area contributed by atoms with Crippen LogP contribution < -0.4 is 5.73 Å². The number of benzene rings is 1. The highest BCUT2D eigenvalue weighted by Gasteiger charge is 2.22. The van der Waals surface area contributed by atoms with Crippen LogP contribution in [0.2, 0.25) is 0 Å². The molecule has 5 heteroatoms. The molecule has 15 heavy (non-hydrogen) atoms. The number of nitrogens with two attached hydrogens (primary N) is 1. The van der Waals surface area contributed by atoms with Gasteiger partial charge in [-0.15, -0.1) is 0 Å². The molecule has 0 aromatic heterocycles. The first-order chi connectivity index (χ1) is 6.86. The molecule has 3 nitrogen and oxygen atoms in total. The first-order valence-electron chi connectivity index (χ1n) is 4.29. The van der Waals surface area contributed by atoms with Crippen molar-refractivity contribution < 1.29 is 14.3 Å². The summed E-state index contributed by atoms with van der Waals surface area (Å²) in [4.78, 5) is 10.8. The minimum atomic E-state index is -1.21. The van der Waals surface area contributed by atoms with E-state index in [1.807, 2.05) is 0 Å². The molecule has 0 heterocycles. The lowest BCUT2D eigenvalue weighted by Crippen LogP contribution is -2.22. The second kappa shape index (κ2) is 4.28. The third kappa shape index (κ3) is 2.18. The number of hydrogen-bond acceptors (Lipinski definition) is 2. The minimum absolute atomic E-state index is 0.125. The molecule has 0 bridgehead atoms. The van der Waals surface area contributed by atoms with E-state index in [0.29, 0.717) is 16.7 Å². The molecule has 1 atom stereocenters. The van der Waals surface area contributed by atoms with E-state index in [9.17, 15) is 9.18 Å². The van der Waals surface area contributed by atoms with Gasteiger partial charge < -0.3 is 10.8 Å². The Morgan fingerprint density at radius 2 is 2.13 bits per heavy atom. The van der Waals surface area contributed by atoms with Crippen molar-refractivity contribution in [3.05, 3.63) is 33.0 Å². The maximum absolute atomic E-state index is 13.3. The fourth-order valence-electron chi connectivity index (χ4n) is 1.36. The summed E-state index contributed by atoms with van der Waals surface area (Å²) in [6, 6.07) is 0.131. The maximum atomic E-state index is 13.3. The molecule has 0 spiro atoms. The van der Waals surface area contributed by atoms with E-state index in [1.165, 1.54) is 6.07 Å². The van der Waals surface area contributed by atoms with E-state index < -0.39 is 17.8 Å². The Kier molecular flexibility index (Phi) is 3.46. The molecule has 1 aromatic rings. The summed E-state index contributed by atoms with van der Waals surface area (Å²) in [5.74, 6) is -1.67. The monoisotopic (exact) mass is 275 g/mol. The summed E-state index contributed by atoms with van der Waals surface area (Å²) in [5.41, 5.74) is 7.15. The molecule has 0 saturated heterocycles. The summed E-state index contributed by atoms with van der Waals surface area (Å²) in [7, 11) is 0. The Bertz CT molecular complexity index is 394. The van der Waals surface area contributed by atoms with Gasteiger partial charge in [0.1, 0.15) is 11.9 Å². The van der Waals surface area contributed by atoms with Crippen molar-refractivity contribution in [3.8, 4) is 0 Å². The van der Waals surface area contributed by atoms with Crippen molar-refractivity contribution in [2.45, 2.75) is 19.9 Å². The summed E-state index contributed by atoms with van der Waals surface area (Å²) < 4.78 is 13.5. The molecule has 0 fully saturated rings. The number of rotatable bonds is 2. The van der Waals surface area contributed by atoms with Crippen molar-refractivity contribution in [3.63, 3.8) is 0 Å². The number of carbonyl (C=O) groups is 1. The maximum Gasteiger partial charge on any atom is 0.325 e. The number of carboxylic acids is 1. The molecule has 0 radical (unpaired) electrons. The van der Waals surface area contributed by atoms with Gasteiger partial charge in [-0.25, -0.2) is 4.39 Å². The van der Waals surface area contributed by atoms with Crippen LogP contribution in [0.3, 0.4) is 0 Å². The molecule has 0 amide bonds. The number of aryl methyl sites for hydroxylation is 1. The van der Waals surface area contributed by atoms with Crippen LogP contribution in [0.5, 0.6) is 0 Å². The lowest BCUT2D eigenvalue weighted by Gasteiger charge is -2.15. The van der Waals surface area contributed by atoms with Gasteiger partial charge in [-0.3, -0.25) is 4.79 Å². The Hall–Kier alpha value is -0.940. The van der Waals surface area contributed by atoms with Gasteiger partial charge >= 0.3 is 5.97 Å². The molecule has 1 rings (SSSR count). The topological polar surface area (TPSA) is 63.3 Å². The van der Waals surface area contributed by atoms with E-state index in [4.69, 9.17) is 10.8 Å². The van der Waals surface area contributed by atoms with Crippen LogP contribution in [-0.4, -0.2) is 11.1 Å². The standard InChI is InChI=1S/C10H11BrFNO2/c1-4-3-6(12)8(11)7(5(4)2)9(13)10(14)15/h3,9H,13H2,1-2H3,(H,14,15). The van der Waals surface area contributed by atoms with Gasteiger partial charge in [0.25, 0.3) is 0 Å². The Morgan fingerprint density at radius 1 is 1.60 bits per heavy atom. The van der Waals surface area contributed by atoms with E-state index in [2.05, 4.69) is 15.9 Å². The summed E-state index contributed by atoms with van der Waals surface area (Å²) >= 11 is 3.02. The van der Waals surface area contributed by atoms with E-state index in [-0.39, 0.29) is 4.47 Å². The van der Waals surface area contributed by atoms with Crippen LogP contribution in [0.1, 0.15) is 22.7 Å². The largest absolute Gasteiger partial charge is 0.480 e. The lowest BCUT2D eigenvalue weighted by molar-refractivity contribution is -0.138. The quantitative estimate of drug-likeness (QED) is 0.871. The normalized spacial score (nSPS) is 12.6. The minimum Gasteiger partial charge on any atom is -0.480 e. The van der Waals surface area contributed by atoms with Crippen molar-refractivity contribution in [2.75, 3.05) is 0 Å². The molecule has 0 aliphatic heterocycles. The first-order valence-corrected chi connectivity index (χ1v) is 5.09. The zero-order chi connectivity index (χ0) is 11.7. The summed E-state index contributed by atoms with van der Waals surface area (Å²) in [6.07, 6.45) is 0. The molecule has 1 aromatic carbocycles. The van der Waals surface area contributed by atoms with Crippen molar-refractivity contribution in [1.29, 1.82) is 0 Å².